The van der Waals surface area contributed by atoms with Gasteiger partial charge in [0.15, 0.2) is 5.76 Å². The average molecular weight is 277 g/mol. The number of hydrogen-bond donors (Lipinski definition) is 1. The van der Waals surface area contributed by atoms with Gasteiger partial charge < -0.3 is 19.2 Å². The summed E-state index contributed by atoms with van der Waals surface area (Å²) in [5.74, 6) is -0.322. The lowest BCUT2D eigenvalue weighted by Crippen LogP contribution is -2.31. The molecule has 0 saturated carbocycles. The van der Waals surface area contributed by atoms with Crippen molar-refractivity contribution in [2.24, 2.45) is 11.8 Å². The number of likely N-dealkylation sites (tertiary alicyclic amines) is 1. The molecule has 3 aliphatic heterocycles. The van der Waals surface area contributed by atoms with Crippen molar-refractivity contribution in [3.63, 3.8) is 0 Å². The number of aromatic carboxylic acids is 1. The summed E-state index contributed by atoms with van der Waals surface area (Å²) >= 11 is 0. The van der Waals surface area contributed by atoms with Crippen LogP contribution in [0.3, 0.4) is 0 Å². The monoisotopic (exact) mass is 277 g/mol. The van der Waals surface area contributed by atoms with Gasteiger partial charge in [0.05, 0.1) is 17.8 Å². The van der Waals surface area contributed by atoms with Gasteiger partial charge in [-0.15, -0.1) is 0 Å². The zero-order valence-corrected chi connectivity index (χ0v) is 10.8. The second-order valence-corrected chi connectivity index (χ2v) is 5.83. The first-order valence-electron chi connectivity index (χ1n) is 6.90. The van der Waals surface area contributed by atoms with Crippen LogP contribution in [0.1, 0.15) is 33.8 Å². The van der Waals surface area contributed by atoms with E-state index in [1.165, 1.54) is 6.07 Å². The van der Waals surface area contributed by atoms with Gasteiger partial charge in [0.25, 0.3) is 5.91 Å². The van der Waals surface area contributed by atoms with Crippen molar-refractivity contribution < 1.29 is 23.8 Å². The molecule has 20 heavy (non-hydrogen) atoms. The van der Waals surface area contributed by atoms with E-state index in [-0.39, 0.29) is 17.2 Å². The van der Waals surface area contributed by atoms with Gasteiger partial charge in [-0.05, 0) is 12.8 Å². The van der Waals surface area contributed by atoms with Crippen molar-refractivity contribution in [1.82, 2.24) is 4.90 Å². The molecule has 6 heteroatoms. The summed E-state index contributed by atoms with van der Waals surface area (Å²) in [5, 5.41) is 8.85. The maximum Gasteiger partial charge on any atom is 0.338 e. The van der Waals surface area contributed by atoms with Crippen LogP contribution in [0.5, 0.6) is 0 Å². The number of fused-ring (bicyclic) bond motifs is 5. The zero-order chi connectivity index (χ0) is 13.9. The molecule has 1 aromatic rings. The van der Waals surface area contributed by atoms with Crippen LogP contribution in [0.15, 0.2) is 16.7 Å². The molecule has 6 nitrogen and oxygen atoms in total. The minimum Gasteiger partial charge on any atom is -0.478 e. The van der Waals surface area contributed by atoms with Gasteiger partial charge in [0.2, 0.25) is 0 Å². The molecule has 0 radical (unpaired) electrons. The first kappa shape index (κ1) is 12.0. The zero-order valence-electron chi connectivity index (χ0n) is 10.8. The number of carbonyl (C=O) groups is 2. The Labute approximate surface area is 115 Å². The van der Waals surface area contributed by atoms with Crippen molar-refractivity contribution in [1.29, 1.82) is 0 Å². The van der Waals surface area contributed by atoms with Gasteiger partial charge in [-0.3, -0.25) is 4.79 Å². The number of ether oxygens (including phenoxy) is 1. The van der Waals surface area contributed by atoms with E-state index < -0.39 is 5.97 Å². The van der Waals surface area contributed by atoms with Crippen LogP contribution in [0.4, 0.5) is 0 Å². The minimum absolute atomic E-state index is 0.0103. The van der Waals surface area contributed by atoms with Crippen molar-refractivity contribution in [3.8, 4) is 0 Å². The Hall–Kier alpha value is -1.82. The highest BCUT2D eigenvalue weighted by atomic mass is 16.5. The van der Waals surface area contributed by atoms with E-state index in [1.54, 1.807) is 4.90 Å². The standard InChI is InChI=1S/C14H15NO5/c16-13(12-3-7(6-19-12)14(17)18)15-4-8-9(5-15)11-2-1-10(8)20-11/h3,6,8-11H,1-2,4-5H2,(H,17,18). The number of amides is 1. The van der Waals surface area contributed by atoms with E-state index in [4.69, 9.17) is 14.3 Å². The molecule has 1 aromatic heterocycles. The van der Waals surface area contributed by atoms with E-state index in [2.05, 4.69) is 0 Å². The largest absolute Gasteiger partial charge is 0.478 e. The summed E-state index contributed by atoms with van der Waals surface area (Å²) < 4.78 is 11.0. The van der Waals surface area contributed by atoms with Crippen molar-refractivity contribution >= 4 is 11.9 Å². The normalized spacial score (nSPS) is 34.5. The fraction of sp³-hybridized carbons (Fsp3) is 0.571. The lowest BCUT2D eigenvalue weighted by atomic mass is 9.82. The summed E-state index contributed by atoms with van der Waals surface area (Å²) in [6.07, 6.45) is 3.90. The van der Waals surface area contributed by atoms with Gasteiger partial charge in [0.1, 0.15) is 6.26 Å². The highest BCUT2D eigenvalue weighted by molar-refractivity contribution is 5.95. The Kier molecular flexibility index (Phi) is 2.44. The number of carbonyl (C=O) groups excluding carboxylic acids is 1. The van der Waals surface area contributed by atoms with Gasteiger partial charge in [0, 0.05) is 31.0 Å². The van der Waals surface area contributed by atoms with Crippen molar-refractivity contribution in [2.45, 2.75) is 25.0 Å². The first-order chi connectivity index (χ1) is 9.63. The molecular formula is C14H15NO5. The topological polar surface area (TPSA) is 80.0 Å². The molecule has 3 saturated heterocycles. The number of carboxylic acids is 1. The summed E-state index contributed by atoms with van der Waals surface area (Å²) in [5.41, 5.74) is 0.0103. The molecule has 0 spiro atoms. The fourth-order valence-corrected chi connectivity index (χ4v) is 3.84. The van der Waals surface area contributed by atoms with Crippen molar-refractivity contribution in [3.05, 3.63) is 23.7 Å². The number of hydrogen-bond acceptors (Lipinski definition) is 4. The van der Waals surface area contributed by atoms with Crippen molar-refractivity contribution in [2.75, 3.05) is 13.1 Å². The Morgan fingerprint density at radius 1 is 1.20 bits per heavy atom. The van der Waals surface area contributed by atoms with E-state index in [0.29, 0.717) is 37.1 Å². The third-order valence-corrected chi connectivity index (χ3v) is 4.80. The third kappa shape index (κ3) is 1.61. The Morgan fingerprint density at radius 2 is 1.85 bits per heavy atom. The van der Waals surface area contributed by atoms with Crippen LogP contribution in [0.2, 0.25) is 0 Å². The predicted octanol–water partition coefficient (Wildman–Crippen LogP) is 1.23. The molecule has 2 bridgehead atoms. The van der Waals surface area contributed by atoms with Gasteiger partial charge in [-0.2, -0.15) is 0 Å². The number of rotatable bonds is 2. The molecular weight excluding hydrogens is 262 g/mol. The number of furan rings is 1. The first-order valence-corrected chi connectivity index (χ1v) is 6.90. The minimum atomic E-state index is -1.09. The van der Waals surface area contributed by atoms with Crippen LogP contribution < -0.4 is 0 Å². The van der Waals surface area contributed by atoms with E-state index in [1.807, 2.05) is 0 Å². The SMILES string of the molecule is O=C(O)c1coc(C(=O)N2CC3C4CCC(O4)C3C2)c1. The van der Waals surface area contributed by atoms with Gasteiger partial charge in [-0.1, -0.05) is 0 Å². The second-order valence-electron chi connectivity index (χ2n) is 5.83. The van der Waals surface area contributed by atoms with Crippen LogP contribution in [0, 0.1) is 11.8 Å². The molecule has 3 aliphatic rings. The maximum atomic E-state index is 12.3. The molecule has 3 fully saturated rings. The average Bonchev–Trinajstić information content (AvgIpc) is 3.17. The number of carboxylic acid groups (broad SMARTS) is 1. The fourth-order valence-electron chi connectivity index (χ4n) is 3.84. The highest BCUT2D eigenvalue weighted by Crippen LogP contribution is 2.47. The smallest absolute Gasteiger partial charge is 0.338 e. The number of nitrogens with zero attached hydrogens (tertiary/aromatic N) is 1. The molecule has 4 heterocycles. The van der Waals surface area contributed by atoms with Crippen LogP contribution >= 0.6 is 0 Å². The Balaban J connectivity index is 1.51. The molecule has 0 aliphatic carbocycles. The molecule has 4 rings (SSSR count). The second kappa shape index (κ2) is 4.09. The molecule has 1 N–H and O–H groups in total. The summed E-state index contributed by atoms with van der Waals surface area (Å²) in [7, 11) is 0. The van der Waals surface area contributed by atoms with Gasteiger partial charge in [-0.25, -0.2) is 4.79 Å². The Morgan fingerprint density at radius 3 is 2.40 bits per heavy atom. The highest BCUT2D eigenvalue weighted by Gasteiger charge is 2.53. The molecule has 4 unspecified atom stereocenters. The van der Waals surface area contributed by atoms with E-state index in [0.717, 1.165) is 19.1 Å². The lowest BCUT2D eigenvalue weighted by Gasteiger charge is -2.17. The maximum absolute atomic E-state index is 12.3. The van der Waals surface area contributed by atoms with Gasteiger partial charge >= 0.3 is 5.97 Å². The van der Waals surface area contributed by atoms with Crippen LogP contribution in [0.25, 0.3) is 0 Å². The summed E-state index contributed by atoms with van der Waals surface area (Å²) in [6, 6.07) is 1.30. The third-order valence-electron chi connectivity index (χ3n) is 4.80. The van der Waals surface area contributed by atoms with E-state index >= 15 is 0 Å². The lowest BCUT2D eigenvalue weighted by molar-refractivity contribution is 0.0575. The predicted molar refractivity (Wildman–Crippen MR) is 66.4 cm³/mol. The quantitative estimate of drug-likeness (QED) is 0.879. The van der Waals surface area contributed by atoms with Crippen LogP contribution in [-0.2, 0) is 4.74 Å². The Bertz CT molecular complexity index is 562. The molecule has 4 atom stereocenters. The van der Waals surface area contributed by atoms with E-state index in [9.17, 15) is 9.59 Å². The summed E-state index contributed by atoms with van der Waals surface area (Å²) in [6.45, 7) is 1.38. The molecule has 106 valence electrons. The summed E-state index contributed by atoms with van der Waals surface area (Å²) in [4.78, 5) is 24.9. The molecule has 1 amide bonds. The molecule has 0 aromatic carbocycles. The van der Waals surface area contributed by atoms with Crippen LogP contribution in [-0.4, -0.2) is 47.2 Å².